The van der Waals surface area contributed by atoms with E-state index in [1.165, 1.54) is 0 Å². The van der Waals surface area contributed by atoms with Crippen molar-refractivity contribution in [1.29, 1.82) is 0 Å². The van der Waals surface area contributed by atoms with Gasteiger partial charge in [-0.2, -0.15) is 0 Å². The van der Waals surface area contributed by atoms with Crippen LogP contribution in [0, 0.1) is 6.92 Å². The van der Waals surface area contributed by atoms with E-state index in [0.717, 1.165) is 32.9 Å². The van der Waals surface area contributed by atoms with Crippen molar-refractivity contribution in [3.63, 3.8) is 0 Å². The van der Waals surface area contributed by atoms with Crippen LogP contribution in [0.3, 0.4) is 0 Å². The Morgan fingerprint density at radius 3 is 2.18 bits per heavy atom. The largest absolute Gasteiger partial charge is 0.422 e. The van der Waals surface area contributed by atoms with Gasteiger partial charge < -0.3 is 4.74 Å². The molecular formula is C33H25N3O3. The van der Waals surface area contributed by atoms with E-state index in [1.54, 1.807) is 27.7 Å². The molecule has 0 amide bonds. The minimum absolute atomic E-state index is 0.230. The number of aliphatic imine (C=N–C) groups is 1. The number of benzene rings is 5. The Bertz CT molecular complexity index is 1940. The summed E-state index contributed by atoms with van der Waals surface area (Å²) in [7, 11) is 1.83. The van der Waals surface area contributed by atoms with Gasteiger partial charge in [-0.05, 0) is 52.7 Å². The lowest BCUT2D eigenvalue weighted by molar-refractivity contribution is 0.0737. The van der Waals surface area contributed by atoms with Crippen LogP contribution in [0.15, 0.2) is 119 Å². The zero-order valence-electron chi connectivity index (χ0n) is 21.5. The van der Waals surface area contributed by atoms with Crippen molar-refractivity contribution in [3.8, 4) is 11.4 Å². The average Bonchev–Trinajstić information content (AvgIpc) is 3.19. The molecule has 0 saturated heterocycles. The van der Waals surface area contributed by atoms with Crippen LogP contribution in [-0.2, 0) is 7.05 Å². The molecule has 1 heterocycles. The van der Waals surface area contributed by atoms with Crippen molar-refractivity contribution in [3.05, 3.63) is 136 Å². The summed E-state index contributed by atoms with van der Waals surface area (Å²) in [5.74, 6) is -0.0913. The van der Waals surface area contributed by atoms with Gasteiger partial charge in [-0.1, -0.05) is 84.9 Å². The lowest BCUT2D eigenvalue weighted by Crippen LogP contribution is -2.19. The van der Waals surface area contributed by atoms with Gasteiger partial charge in [-0.3, -0.25) is 9.48 Å². The molecule has 6 heteroatoms. The molecule has 0 N–H and O–H groups in total. The van der Waals surface area contributed by atoms with Crippen molar-refractivity contribution in [2.75, 3.05) is 0 Å². The van der Waals surface area contributed by atoms with Gasteiger partial charge in [-0.15, -0.1) is 0 Å². The van der Waals surface area contributed by atoms with Crippen LogP contribution in [0.4, 0.5) is 5.69 Å². The molecule has 0 fully saturated rings. The van der Waals surface area contributed by atoms with Gasteiger partial charge >= 0.3 is 5.97 Å². The number of nitrogens with zero attached hydrogens (tertiary/aromatic N) is 3. The fourth-order valence-electron chi connectivity index (χ4n) is 4.89. The fourth-order valence-corrected chi connectivity index (χ4v) is 4.89. The molecule has 0 aliphatic heterocycles. The maximum absolute atomic E-state index is 13.4. The van der Waals surface area contributed by atoms with Crippen LogP contribution in [0.1, 0.15) is 21.6 Å². The van der Waals surface area contributed by atoms with E-state index in [1.807, 2.05) is 111 Å². The van der Waals surface area contributed by atoms with Crippen LogP contribution in [0.2, 0.25) is 0 Å². The second-order valence-corrected chi connectivity index (χ2v) is 9.28. The highest BCUT2D eigenvalue weighted by Crippen LogP contribution is 2.29. The topological polar surface area (TPSA) is 65.6 Å². The minimum atomic E-state index is -0.459. The number of hydrogen-bond acceptors (Lipinski definition) is 4. The van der Waals surface area contributed by atoms with Gasteiger partial charge in [0.05, 0.1) is 16.9 Å². The van der Waals surface area contributed by atoms with Crippen molar-refractivity contribution in [2.24, 2.45) is 12.0 Å². The smallest absolute Gasteiger partial charge is 0.344 e. The van der Waals surface area contributed by atoms with Gasteiger partial charge in [0.15, 0.2) is 5.69 Å². The third kappa shape index (κ3) is 4.32. The quantitative estimate of drug-likeness (QED) is 0.146. The normalized spacial score (nSPS) is 11.4. The molecule has 0 saturated carbocycles. The highest BCUT2D eigenvalue weighted by atomic mass is 16.5. The summed E-state index contributed by atoms with van der Waals surface area (Å²) >= 11 is 0. The van der Waals surface area contributed by atoms with Gasteiger partial charge in [0.25, 0.3) is 5.56 Å². The Balaban J connectivity index is 1.44. The highest BCUT2D eigenvalue weighted by molar-refractivity contribution is 6.07. The Morgan fingerprint density at radius 2 is 1.41 bits per heavy atom. The second kappa shape index (κ2) is 9.91. The first-order valence-corrected chi connectivity index (χ1v) is 12.6. The average molecular weight is 512 g/mol. The van der Waals surface area contributed by atoms with E-state index in [2.05, 4.69) is 4.99 Å². The van der Waals surface area contributed by atoms with E-state index in [9.17, 15) is 9.59 Å². The number of aromatic nitrogens is 2. The monoisotopic (exact) mass is 511 g/mol. The van der Waals surface area contributed by atoms with Gasteiger partial charge in [0, 0.05) is 18.8 Å². The highest BCUT2D eigenvalue weighted by Gasteiger charge is 2.18. The van der Waals surface area contributed by atoms with Gasteiger partial charge in [-0.25, -0.2) is 14.5 Å². The first-order valence-electron chi connectivity index (χ1n) is 12.6. The fraction of sp³-hybridized carbons (Fsp3) is 0.0606. The Morgan fingerprint density at radius 1 is 0.769 bits per heavy atom. The molecule has 0 radical (unpaired) electrons. The van der Waals surface area contributed by atoms with E-state index in [-0.39, 0.29) is 5.56 Å². The van der Waals surface area contributed by atoms with E-state index in [4.69, 9.17) is 4.74 Å². The molecule has 39 heavy (non-hydrogen) atoms. The molecule has 0 unspecified atom stereocenters. The van der Waals surface area contributed by atoms with Crippen LogP contribution in [0.25, 0.3) is 27.2 Å². The van der Waals surface area contributed by atoms with Crippen molar-refractivity contribution < 1.29 is 9.53 Å². The number of carbonyl (C=O) groups excluding carboxylic acids is 1. The zero-order valence-corrected chi connectivity index (χ0v) is 21.5. The van der Waals surface area contributed by atoms with E-state index in [0.29, 0.717) is 22.6 Å². The minimum Gasteiger partial charge on any atom is -0.422 e. The summed E-state index contributed by atoms with van der Waals surface area (Å²) in [4.78, 5) is 31.4. The molecule has 6 nitrogen and oxygen atoms in total. The first kappa shape index (κ1) is 24.1. The second-order valence-electron chi connectivity index (χ2n) is 9.28. The van der Waals surface area contributed by atoms with Crippen LogP contribution in [-0.4, -0.2) is 21.5 Å². The third-order valence-corrected chi connectivity index (χ3v) is 6.99. The standard InChI is InChI=1S/C33H25N3O3/c1-22-31(32(37)36(35(22)2)25-14-4-3-5-15-25)34-21-29-27-17-9-7-12-24(27)19-20-30(29)39-33(38)28-18-10-13-23-11-6-8-16-26(23)28/h3-21H,1-2H3. The molecule has 190 valence electrons. The van der Waals surface area contributed by atoms with Gasteiger partial charge in [0.1, 0.15) is 5.75 Å². The number of esters is 1. The summed E-state index contributed by atoms with van der Waals surface area (Å²) in [6.07, 6.45) is 1.62. The number of hydrogen-bond donors (Lipinski definition) is 0. The SMILES string of the molecule is Cc1c(N=Cc2c(OC(=O)c3cccc4ccccc34)ccc3ccccc23)c(=O)n(-c2ccccc2)n1C. The number of fused-ring (bicyclic) bond motifs is 2. The molecule has 1 aromatic heterocycles. The summed E-state index contributed by atoms with van der Waals surface area (Å²) in [5, 5.41) is 3.61. The lowest BCUT2D eigenvalue weighted by Gasteiger charge is -2.11. The Labute approximate surface area is 225 Å². The molecule has 0 atom stereocenters. The summed E-state index contributed by atoms with van der Waals surface area (Å²) in [6, 6.07) is 34.2. The van der Waals surface area contributed by atoms with E-state index < -0.39 is 5.97 Å². The summed E-state index contributed by atoms with van der Waals surface area (Å²) in [5.41, 5.74) is 2.66. The third-order valence-electron chi connectivity index (χ3n) is 6.99. The molecule has 6 rings (SSSR count). The Hall–Kier alpha value is -5.23. The molecule has 0 aliphatic rings. The number of ether oxygens (including phenoxy) is 1. The van der Waals surface area contributed by atoms with Crippen molar-refractivity contribution in [2.45, 2.75) is 6.92 Å². The molecule has 5 aromatic carbocycles. The van der Waals surface area contributed by atoms with Crippen molar-refractivity contribution in [1.82, 2.24) is 9.36 Å². The first-order chi connectivity index (χ1) is 19.0. The molecular weight excluding hydrogens is 486 g/mol. The molecule has 0 aliphatic carbocycles. The van der Waals surface area contributed by atoms with Crippen LogP contribution < -0.4 is 10.3 Å². The van der Waals surface area contributed by atoms with E-state index >= 15 is 0 Å². The maximum Gasteiger partial charge on any atom is 0.344 e. The summed E-state index contributed by atoms with van der Waals surface area (Å²) < 4.78 is 9.35. The zero-order chi connectivity index (χ0) is 26.9. The summed E-state index contributed by atoms with van der Waals surface area (Å²) in [6.45, 7) is 1.86. The lowest BCUT2D eigenvalue weighted by atomic mass is 10.0. The Kier molecular flexibility index (Phi) is 6.13. The maximum atomic E-state index is 13.4. The van der Waals surface area contributed by atoms with Gasteiger partial charge in [0.2, 0.25) is 0 Å². The van der Waals surface area contributed by atoms with Crippen LogP contribution >= 0.6 is 0 Å². The molecule has 0 spiro atoms. The number of carbonyl (C=O) groups is 1. The van der Waals surface area contributed by atoms with Crippen LogP contribution in [0.5, 0.6) is 5.75 Å². The predicted molar refractivity (Wildman–Crippen MR) is 156 cm³/mol. The number of para-hydroxylation sites is 1. The van der Waals surface area contributed by atoms with Crippen molar-refractivity contribution >= 4 is 39.4 Å². The molecule has 0 bridgehead atoms. The molecule has 6 aromatic rings. The number of rotatable bonds is 5. The predicted octanol–water partition coefficient (Wildman–Crippen LogP) is 6.76.